The minimum atomic E-state index is -4.83. The number of phenolic OH excluding ortho intramolecular Hbond substituents is 1. The molecule has 0 aliphatic rings. The van der Waals surface area contributed by atoms with E-state index in [1.54, 1.807) is 0 Å². The molecule has 0 aliphatic carbocycles. The predicted molar refractivity (Wildman–Crippen MR) is 64.8 cm³/mol. The third kappa shape index (κ3) is 6.06. The highest BCUT2D eigenvalue weighted by Gasteiger charge is 2.32. The van der Waals surface area contributed by atoms with E-state index in [1.807, 2.05) is 0 Å². The van der Waals surface area contributed by atoms with E-state index in [9.17, 15) is 23.1 Å². The van der Waals surface area contributed by atoms with Gasteiger partial charge in [0.25, 0.3) is 0 Å². The molecule has 1 N–H and O–H groups in total. The molecule has 1 rings (SSSR count). The van der Waals surface area contributed by atoms with Crippen LogP contribution < -0.4 is 4.74 Å². The average molecular weight is 290 g/mol. The van der Waals surface area contributed by atoms with E-state index in [1.165, 1.54) is 6.92 Å². The fraction of sp³-hybridized carbons (Fsp3) is 0.250. The molecule has 0 heterocycles. The smallest absolute Gasteiger partial charge is 0.508 e. The first-order valence-electron chi connectivity index (χ1n) is 4.99. The van der Waals surface area contributed by atoms with Gasteiger partial charge >= 0.3 is 6.36 Å². The highest BCUT2D eigenvalue weighted by atomic mass is 32.2. The molecule has 0 unspecified atom stereocenters. The summed E-state index contributed by atoms with van der Waals surface area (Å²) in [5.74, 6) is 4.37. The van der Waals surface area contributed by atoms with Gasteiger partial charge in [0.05, 0.1) is 11.3 Å². The van der Waals surface area contributed by atoms with Crippen LogP contribution in [-0.4, -0.2) is 22.3 Å². The van der Waals surface area contributed by atoms with Crippen molar-refractivity contribution in [2.24, 2.45) is 0 Å². The van der Waals surface area contributed by atoms with Gasteiger partial charge < -0.3 is 9.84 Å². The van der Waals surface area contributed by atoms with E-state index in [4.69, 9.17) is 0 Å². The molecule has 0 amide bonds. The molecule has 102 valence electrons. The van der Waals surface area contributed by atoms with Crippen molar-refractivity contribution in [3.8, 4) is 23.3 Å². The van der Waals surface area contributed by atoms with Gasteiger partial charge in [-0.25, -0.2) is 0 Å². The topological polar surface area (TPSA) is 46.5 Å². The summed E-state index contributed by atoms with van der Waals surface area (Å²) in [4.78, 5) is 10.6. The van der Waals surface area contributed by atoms with Crippen LogP contribution in [0.5, 0.6) is 11.5 Å². The number of aromatic hydroxyl groups is 1. The molecule has 1 aromatic carbocycles. The molecule has 19 heavy (non-hydrogen) atoms. The number of carbonyl (C=O) groups is 1. The predicted octanol–water partition coefficient (Wildman–Crippen LogP) is 2.92. The maximum atomic E-state index is 12.1. The van der Waals surface area contributed by atoms with Crippen molar-refractivity contribution < 1.29 is 27.8 Å². The van der Waals surface area contributed by atoms with Crippen LogP contribution >= 0.6 is 11.8 Å². The molecule has 0 saturated heterocycles. The molecule has 0 bridgehead atoms. The number of carbonyl (C=O) groups excluding carboxylic acids is 1. The Hall–Kier alpha value is -1.81. The summed E-state index contributed by atoms with van der Waals surface area (Å²) >= 11 is 0.936. The second-order valence-electron chi connectivity index (χ2n) is 3.31. The zero-order chi connectivity index (χ0) is 14.5. The van der Waals surface area contributed by atoms with E-state index in [0.29, 0.717) is 0 Å². The van der Waals surface area contributed by atoms with Gasteiger partial charge in [-0.2, -0.15) is 0 Å². The highest BCUT2D eigenvalue weighted by Crippen LogP contribution is 2.28. The first-order valence-corrected chi connectivity index (χ1v) is 5.97. The van der Waals surface area contributed by atoms with E-state index in [2.05, 4.69) is 16.6 Å². The van der Waals surface area contributed by atoms with Crippen molar-refractivity contribution in [3.05, 3.63) is 23.8 Å². The summed E-state index contributed by atoms with van der Waals surface area (Å²) in [7, 11) is 0. The second kappa shape index (κ2) is 6.38. The van der Waals surface area contributed by atoms with E-state index < -0.39 is 12.1 Å². The Kier molecular flexibility index (Phi) is 5.12. The molecule has 0 radical (unpaired) electrons. The summed E-state index contributed by atoms with van der Waals surface area (Å²) in [6, 6.07) is 3.11. The van der Waals surface area contributed by atoms with Gasteiger partial charge in [-0.15, -0.1) is 13.2 Å². The highest BCUT2D eigenvalue weighted by molar-refractivity contribution is 8.13. The molecule has 3 nitrogen and oxygen atoms in total. The first kappa shape index (κ1) is 15.2. The fourth-order valence-corrected chi connectivity index (χ4v) is 1.45. The summed E-state index contributed by atoms with van der Waals surface area (Å²) in [5.41, 5.74) is -0.0959. The number of hydrogen-bond acceptors (Lipinski definition) is 4. The maximum Gasteiger partial charge on any atom is 0.573 e. The van der Waals surface area contributed by atoms with Crippen molar-refractivity contribution in [2.45, 2.75) is 13.3 Å². The largest absolute Gasteiger partial charge is 0.573 e. The lowest BCUT2D eigenvalue weighted by Gasteiger charge is -2.10. The molecule has 0 aliphatic heterocycles. The first-order chi connectivity index (χ1) is 8.78. The van der Waals surface area contributed by atoms with Crippen LogP contribution in [0.4, 0.5) is 13.2 Å². The Bertz CT molecular complexity index is 529. The standard InChI is InChI=1S/C12H9F3O3S/c1-8(16)19-6-2-3-9-7-10(17)4-5-11(9)18-12(13,14)15/h4-5,7,17H,6H2,1H3. The average Bonchev–Trinajstić information content (AvgIpc) is 2.26. The third-order valence-corrected chi connectivity index (χ3v) is 2.45. The number of alkyl halides is 3. The summed E-state index contributed by atoms with van der Waals surface area (Å²) in [6.07, 6.45) is -4.83. The SMILES string of the molecule is CC(=O)SCC#Cc1cc(O)ccc1OC(F)(F)F. The second-order valence-corrected chi connectivity index (χ2v) is 4.46. The van der Waals surface area contributed by atoms with Crippen LogP contribution in [0.15, 0.2) is 18.2 Å². The molecular weight excluding hydrogens is 281 g/mol. The molecule has 7 heteroatoms. The molecule has 0 saturated carbocycles. The summed E-state index contributed by atoms with van der Waals surface area (Å²) in [5, 5.41) is 9.07. The summed E-state index contributed by atoms with van der Waals surface area (Å²) in [6.45, 7) is 1.36. The fourth-order valence-electron chi connectivity index (χ4n) is 1.10. The van der Waals surface area contributed by atoms with Crippen LogP contribution in [0, 0.1) is 11.8 Å². The number of hydrogen-bond donors (Lipinski definition) is 1. The van der Waals surface area contributed by atoms with Crippen molar-refractivity contribution >= 4 is 16.9 Å². The Morgan fingerprint density at radius 2 is 2.16 bits per heavy atom. The molecule has 0 atom stereocenters. The Balaban J connectivity index is 2.91. The molecule has 1 aromatic rings. The lowest BCUT2D eigenvalue weighted by molar-refractivity contribution is -0.274. The number of benzene rings is 1. The molecule has 0 spiro atoms. The van der Waals surface area contributed by atoms with Gasteiger partial charge in [0, 0.05) is 6.92 Å². The zero-order valence-electron chi connectivity index (χ0n) is 9.75. The number of halogens is 3. The van der Waals surface area contributed by atoms with Crippen molar-refractivity contribution in [1.29, 1.82) is 0 Å². The van der Waals surface area contributed by atoms with Gasteiger partial charge in [0.1, 0.15) is 11.5 Å². The lowest BCUT2D eigenvalue weighted by atomic mass is 10.2. The van der Waals surface area contributed by atoms with Crippen molar-refractivity contribution in [3.63, 3.8) is 0 Å². The molecule has 0 aromatic heterocycles. The van der Waals surface area contributed by atoms with E-state index >= 15 is 0 Å². The van der Waals surface area contributed by atoms with Crippen LogP contribution in [0.1, 0.15) is 12.5 Å². The van der Waals surface area contributed by atoms with Gasteiger partial charge in [-0.05, 0) is 18.2 Å². The quantitative estimate of drug-likeness (QED) is 0.851. The molecule has 0 fully saturated rings. The van der Waals surface area contributed by atoms with Crippen LogP contribution in [-0.2, 0) is 4.79 Å². The minimum Gasteiger partial charge on any atom is -0.508 e. The Labute approximate surface area is 111 Å². The van der Waals surface area contributed by atoms with E-state index in [0.717, 1.165) is 30.0 Å². The van der Waals surface area contributed by atoms with Gasteiger partial charge in [-0.3, -0.25) is 4.79 Å². The van der Waals surface area contributed by atoms with Crippen molar-refractivity contribution in [2.75, 3.05) is 5.75 Å². The number of phenols is 1. The normalized spacial score (nSPS) is 10.5. The monoisotopic (exact) mass is 290 g/mol. The van der Waals surface area contributed by atoms with Gasteiger partial charge in [0.2, 0.25) is 0 Å². The minimum absolute atomic E-state index is 0.0959. The zero-order valence-corrected chi connectivity index (χ0v) is 10.6. The Morgan fingerprint density at radius 1 is 1.47 bits per heavy atom. The summed E-state index contributed by atoms with van der Waals surface area (Å²) < 4.78 is 40.2. The van der Waals surface area contributed by atoms with E-state index in [-0.39, 0.29) is 22.2 Å². The van der Waals surface area contributed by atoms with Gasteiger partial charge in [0.15, 0.2) is 5.12 Å². The number of rotatable bonds is 2. The third-order valence-electron chi connectivity index (χ3n) is 1.76. The van der Waals surface area contributed by atoms with Crippen LogP contribution in [0.25, 0.3) is 0 Å². The lowest BCUT2D eigenvalue weighted by Crippen LogP contribution is -2.17. The van der Waals surface area contributed by atoms with Crippen LogP contribution in [0.3, 0.4) is 0 Å². The van der Waals surface area contributed by atoms with Gasteiger partial charge in [-0.1, -0.05) is 23.6 Å². The Morgan fingerprint density at radius 3 is 2.74 bits per heavy atom. The maximum absolute atomic E-state index is 12.1. The van der Waals surface area contributed by atoms with Crippen LogP contribution in [0.2, 0.25) is 0 Å². The molecular formula is C12H9F3O3S. The van der Waals surface area contributed by atoms with Crippen molar-refractivity contribution in [1.82, 2.24) is 0 Å². The number of ether oxygens (including phenoxy) is 1. The number of thioether (sulfide) groups is 1.